The molecule has 4 aromatic carbocycles. The van der Waals surface area contributed by atoms with E-state index in [9.17, 15) is 0 Å². The minimum Gasteiger partial charge on any atom is -0.456 e. The molecule has 0 fully saturated rings. The van der Waals surface area contributed by atoms with Crippen LogP contribution in [0.4, 0.5) is 5.69 Å². The summed E-state index contributed by atoms with van der Waals surface area (Å²) in [5, 5.41) is 2.32. The maximum absolute atomic E-state index is 6.14. The number of fused-ring (bicyclic) bond motifs is 4. The van der Waals surface area contributed by atoms with Gasteiger partial charge in [-0.15, -0.1) is 0 Å². The van der Waals surface area contributed by atoms with Crippen LogP contribution in [0.3, 0.4) is 0 Å². The van der Waals surface area contributed by atoms with E-state index in [0.29, 0.717) is 0 Å². The summed E-state index contributed by atoms with van der Waals surface area (Å²) in [5.74, 6) is 0. The van der Waals surface area contributed by atoms with Crippen molar-refractivity contribution in [3.63, 3.8) is 0 Å². The third-order valence-electron chi connectivity index (χ3n) is 5.57. The number of nitrogens with zero attached hydrogens (tertiary/aromatic N) is 1. The van der Waals surface area contributed by atoms with Crippen LogP contribution < -0.4 is 10.9 Å². The van der Waals surface area contributed by atoms with Crippen LogP contribution in [0, 0.1) is 0 Å². The van der Waals surface area contributed by atoms with Gasteiger partial charge in [0.15, 0.2) is 0 Å². The average molecular weight is 357 g/mol. The molecule has 130 valence electrons. The van der Waals surface area contributed by atoms with E-state index in [1.54, 1.807) is 0 Å². The zero-order chi connectivity index (χ0) is 18.5. The lowest BCUT2D eigenvalue weighted by Crippen LogP contribution is -2.46. The summed E-state index contributed by atoms with van der Waals surface area (Å²) in [6.07, 6.45) is 0. The van der Waals surface area contributed by atoms with Gasteiger partial charge in [0.25, 0.3) is 6.71 Å². The summed E-state index contributed by atoms with van der Waals surface area (Å²) < 4.78 is 6.14. The summed E-state index contributed by atoms with van der Waals surface area (Å²) in [6, 6.07) is 33.7. The molecule has 1 aliphatic rings. The van der Waals surface area contributed by atoms with Gasteiger partial charge in [-0.3, -0.25) is 4.99 Å². The minimum atomic E-state index is 0.108. The molecule has 0 unspecified atom stereocenters. The van der Waals surface area contributed by atoms with E-state index in [1.165, 1.54) is 10.9 Å². The minimum absolute atomic E-state index is 0.108. The molecule has 6 rings (SSSR count). The Bertz CT molecular complexity index is 1370. The van der Waals surface area contributed by atoms with Gasteiger partial charge in [0.05, 0.1) is 5.69 Å². The van der Waals surface area contributed by atoms with Gasteiger partial charge >= 0.3 is 0 Å². The molecular formula is C25H16BNO. The topological polar surface area (TPSA) is 25.5 Å². The third-order valence-corrected chi connectivity index (χ3v) is 5.57. The van der Waals surface area contributed by atoms with Crippen molar-refractivity contribution < 1.29 is 4.42 Å². The Morgan fingerprint density at radius 1 is 0.643 bits per heavy atom. The zero-order valence-corrected chi connectivity index (χ0v) is 15.2. The van der Waals surface area contributed by atoms with Crippen LogP contribution in [-0.2, 0) is 0 Å². The fourth-order valence-electron chi connectivity index (χ4n) is 4.27. The molecule has 2 nitrogen and oxygen atoms in total. The molecule has 0 saturated heterocycles. The fourth-order valence-corrected chi connectivity index (χ4v) is 4.27. The molecule has 0 N–H and O–H groups in total. The van der Waals surface area contributed by atoms with Crippen LogP contribution in [0.1, 0.15) is 5.56 Å². The first-order valence-electron chi connectivity index (χ1n) is 9.52. The van der Waals surface area contributed by atoms with Gasteiger partial charge < -0.3 is 4.42 Å². The summed E-state index contributed by atoms with van der Waals surface area (Å²) in [4.78, 5) is 4.99. The maximum atomic E-state index is 6.14. The molecule has 3 heteroatoms. The van der Waals surface area contributed by atoms with Gasteiger partial charge in [-0.05, 0) is 29.2 Å². The largest absolute Gasteiger partial charge is 0.456 e. The van der Waals surface area contributed by atoms with Crippen LogP contribution in [0.2, 0.25) is 0 Å². The van der Waals surface area contributed by atoms with Crippen LogP contribution in [-0.4, -0.2) is 12.3 Å². The standard InChI is InChI=1S/C25H16BNO/c1-2-8-17(9-3-1)25-26(21-11-5-6-12-22(21)27-25)18-14-15-20-19-10-4-7-13-23(19)28-24(20)16-18/h1-16H. The molecule has 0 amide bonds. The van der Waals surface area contributed by atoms with Gasteiger partial charge in [0.1, 0.15) is 11.2 Å². The van der Waals surface area contributed by atoms with Gasteiger partial charge in [-0.1, -0.05) is 84.3 Å². The fraction of sp³-hybridized carbons (Fsp3) is 0. The Morgan fingerprint density at radius 3 is 2.32 bits per heavy atom. The van der Waals surface area contributed by atoms with E-state index in [4.69, 9.17) is 9.41 Å². The SMILES string of the molecule is c1ccc(C2=Nc3ccccc3B2c2ccc3c(c2)oc2ccccc23)cc1. The smallest absolute Gasteiger partial charge is 0.268 e. The Morgan fingerprint density at radius 2 is 1.39 bits per heavy atom. The lowest BCUT2D eigenvalue weighted by Gasteiger charge is -2.12. The lowest BCUT2D eigenvalue weighted by molar-refractivity contribution is 0.669. The molecule has 0 radical (unpaired) electrons. The zero-order valence-electron chi connectivity index (χ0n) is 15.2. The van der Waals surface area contributed by atoms with Crippen molar-refractivity contribution in [2.45, 2.75) is 0 Å². The predicted molar refractivity (Wildman–Crippen MR) is 118 cm³/mol. The number of furan rings is 1. The summed E-state index contributed by atoms with van der Waals surface area (Å²) in [6.45, 7) is 0.108. The van der Waals surface area contributed by atoms with E-state index >= 15 is 0 Å². The second kappa shape index (κ2) is 5.96. The van der Waals surface area contributed by atoms with E-state index in [0.717, 1.165) is 38.8 Å². The van der Waals surface area contributed by atoms with Crippen molar-refractivity contribution >= 4 is 50.9 Å². The molecule has 1 aliphatic heterocycles. The average Bonchev–Trinajstić information content (AvgIpc) is 3.32. The van der Waals surface area contributed by atoms with Crippen molar-refractivity contribution in [3.8, 4) is 0 Å². The number of para-hydroxylation sites is 2. The molecule has 1 aromatic heterocycles. The van der Waals surface area contributed by atoms with Crippen molar-refractivity contribution in [3.05, 3.63) is 103 Å². The highest BCUT2D eigenvalue weighted by atomic mass is 16.3. The van der Waals surface area contributed by atoms with E-state index in [-0.39, 0.29) is 6.71 Å². The van der Waals surface area contributed by atoms with E-state index in [1.807, 2.05) is 18.2 Å². The lowest BCUT2D eigenvalue weighted by atomic mass is 9.37. The quantitative estimate of drug-likeness (QED) is 0.414. The summed E-state index contributed by atoms with van der Waals surface area (Å²) in [5.41, 5.74) is 7.62. The molecule has 0 saturated carbocycles. The second-order valence-electron chi connectivity index (χ2n) is 7.21. The van der Waals surface area contributed by atoms with Crippen LogP contribution >= 0.6 is 0 Å². The highest BCUT2D eigenvalue weighted by Gasteiger charge is 2.33. The molecule has 0 atom stereocenters. The number of aliphatic imine (C=N–C) groups is 1. The van der Waals surface area contributed by atoms with Gasteiger partial charge in [0.2, 0.25) is 0 Å². The monoisotopic (exact) mass is 357 g/mol. The van der Waals surface area contributed by atoms with Crippen LogP contribution in [0.25, 0.3) is 21.9 Å². The molecular weight excluding hydrogens is 341 g/mol. The Labute approximate surface area is 163 Å². The maximum Gasteiger partial charge on any atom is 0.268 e. The highest BCUT2D eigenvalue weighted by molar-refractivity contribution is 7.12. The molecule has 0 spiro atoms. The normalized spacial score (nSPS) is 13.1. The number of benzene rings is 4. The predicted octanol–water partition coefficient (Wildman–Crippen LogP) is 4.87. The van der Waals surface area contributed by atoms with E-state index < -0.39 is 0 Å². The van der Waals surface area contributed by atoms with Gasteiger partial charge in [-0.2, -0.15) is 0 Å². The van der Waals surface area contributed by atoms with Crippen LogP contribution in [0.15, 0.2) is 106 Å². The molecule has 0 bridgehead atoms. The number of rotatable bonds is 2. The van der Waals surface area contributed by atoms with Crippen molar-refractivity contribution in [2.75, 3.05) is 0 Å². The number of hydrogen-bond acceptors (Lipinski definition) is 2. The van der Waals surface area contributed by atoms with Crippen molar-refractivity contribution in [1.82, 2.24) is 0 Å². The Kier molecular flexibility index (Phi) is 3.30. The summed E-state index contributed by atoms with van der Waals surface area (Å²) in [7, 11) is 0. The second-order valence-corrected chi connectivity index (χ2v) is 7.21. The highest BCUT2D eigenvalue weighted by Crippen LogP contribution is 2.28. The van der Waals surface area contributed by atoms with Crippen LogP contribution in [0.5, 0.6) is 0 Å². The molecule has 28 heavy (non-hydrogen) atoms. The summed E-state index contributed by atoms with van der Waals surface area (Å²) >= 11 is 0. The first kappa shape index (κ1) is 15.5. The van der Waals surface area contributed by atoms with Crippen molar-refractivity contribution in [1.29, 1.82) is 0 Å². The first-order valence-corrected chi connectivity index (χ1v) is 9.52. The molecule has 5 aromatic rings. The Balaban J connectivity index is 1.57. The van der Waals surface area contributed by atoms with Gasteiger partial charge in [0, 0.05) is 16.4 Å². The molecule has 2 heterocycles. The number of hydrogen-bond donors (Lipinski definition) is 0. The van der Waals surface area contributed by atoms with Gasteiger partial charge in [-0.25, -0.2) is 0 Å². The first-order chi connectivity index (χ1) is 13.9. The third kappa shape index (κ3) is 2.26. The molecule has 0 aliphatic carbocycles. The Hall–Kier alpha value is -3.59. The van der Waals surface area contributed by atoms with E-state index in [2.05, 4.69) is 78.9 Å². The van der Waals surface area contributed by atoms with Crippen molar-refractivity contribution in [2.24, 2.45) is 4.99 Å².